The molecule has 0 bridgehead atoms. The van der Waals surface area contributed by atoms with Crippen LogP contribution in [0.1, 0.15) is 18.9 Å². The number of ether oxygens (including phenoxy) is 1. The highest BCUT2D eigenvalue weighted by atomic mass is 16.5. The van der Waals surface area contributed by atoms with E-state index in [0.29, 0.717) is 18.0 Å². The Labute approximate surface area is 106 Å². The molecule has 2 atom stereocenters. The second kappa shape index (κ2) is 5.46. The van der Waals surface area contributed by atoms with Crippen molar-refractivity contribution in [2.45, 2.75) is 25.9 Å². The first kappa shape index (κ1) is 13.0. The summed E-state index contributed by atoms with van der Waals surface area (Å²) in [6, 6.07) is 3.24. The molecule has 1 aromatic rings. The molecule has 1 saturated heterocycles. The van der Waals surface area contributed by atoms with E-state index in [9.17, 15) is 15.3 Å². The lowest BCUT2D eigenvalue weighted by Crippen LogP contribution is -2.33. The van der Waals surface area contributed by atoms with E-state index in [-0.39, 0.29) is 17.5 Å². The van der Waals surface area contributed by atoms with Gasteiger partial charge in [-0.2, -0.15) is 0 Å². The van der Waals surface area contributed by atoms with Crippen LogP contribution in [-0.2, 0) is 11.3 Å². The maximum Gasteiger partial charge on any atom is 0.200 e. The minimum atomic E-state index is -0.467. The average Bonchev–Trinajstić information content (AvgIpc) is 2.89. The summed E-state index contributed by atoms with van der Waals surface area (Å²) in [5.74, 6) is -0.560. The number of phenols is 3. The second-order valence-electron chi connectivity index (χ2n) is 4.73. The molecule has 0 spiro atoms. The molecule has 1 fully saturated rings. The maximum atomic E-state index is 9.68. The molecular formula is C13H19NO4. The lowest BCUT2D eigenvalue weighted by molar-refractivity contribution is 0.178. The van der Waals surface area contributed by atoms with Gasteiger partial charge in [0.1, 0.15) is 0 Å². The zero-order valence-electron chi connectivity index (χ0n) is 10.4. The number of aromatic hydroxyl groups is 3. The molecule has 1 aliphatic rings. The summed E-state index contributed by atoms with van der Waals surface area (Å²) in [6.07, 6.45) is 1.04. The van der Waals surface area contributed by atoms with Crippen molar-refractivity contribution in [1.82, 2.24) is 5.32 Å². The van der Waals surface area contributed by atoms with E-state index in [4.69, 9.17) is 4.74 Å². The average molecular weight is 253 g/mol. The van der Waals surface area contributed by atoms with Gasteiger partial charge in [-0.1, -0.05) is 6.07 Å². The number of nitrogens with one attached hydrogen (secondary N) is 1. The summed E-state index contributed by atoms with van der Waals surface area (Å²) in [4.78, 5) is 0. The van der Waals surface area contributed by atoms with Gasteiger partial charge in [0, 0.05) is 24.8 Å². The molecule has 4 N–H and O–H groups in total. The van der Waals surface area contributed by atoms with Crippen LogP contribution in [0.5, 0.6) is 17.2 Å². The maximum absolute atomic E-state index is 9.68. The molecule has 1 aliphatic heterocycles. The van der Waals surface area contributed by atoms with Gasteiger partial charge in [-0.05, 0) is 25.3 Å². The van der Waals surface area contributed by atoms with E-state index in [1.807, 2.05) is 0 Å². The Hall–Kier alpha value is -1.46. The van der Waals surface area contributed by atoms with Gasteiger partial charge in [-0.15, -0.1) is 0 Å². The summed E-state index contributed by atoms with van der Waals surface area (Å²) in [5, 5.41) is 31.6. The summed E-state index contributed by atoms with van der Waals surface area (Å²) in [7, 11) is 0. The van der Waals surface area contributed by atoms with Gasteiger partial charge in [0.15, 0.2) is 11.5 Å². The summed E-state index contributed by atoms with van der Waals surface area (Å²) in [5.41, 5.74) is 0.566. The standard InChI is InChI=1S/C13H19NO4/c1-8(10-4-5-18-7-10)14-6-9-2-3-11(15)13(17)12(9)16/h2-3,8,10,14-17H,4-7H2,1H3. The van der Waals surface area contributed by atoms with Gasteiger partial charge in [-0.25, -0.2) is 0 Å². The predicted molar refractivity (Wildman–Crippen MR) is 66.7 cm³/mol. The van der Waals surface area contributed by atoms with E-state index < -0.39 is 5.75 Å². The molecule has 18 heavy (non-hydrogen) atoms. The molecule has 100 valence electrons. The van der Waals surface area contributed by atoms with E-state index >= 15 is 0 Å². The normalized spacial score (nSPS) is 21.1. The Balaban J connectivity index is 1.95. The molecule has 0 saturated carbocycles. The Morgan fingerprint density at radius 1 is 1.33 bits per heavy atom. The zero-order chi connectivity index (χ0) is 13.1. The molecule has 0 aliphatic carbocycles. The van der Waals surface area contributed by atoms with Crippen molar-refractivity contribution in [3.8, 4) is 17.2 Å². The quantitative estimate of drug-likeness (QED) is 0.608. The van der Waals surface area contributed by atoms with Crippen molar-refractivity contribution in [1.29, 1.82) is 0 Å². The SMILES string of the molecule is CC(NCc1ccc(O)c(O)c1O)C1CCOC1. The fourth-order valence-electron chi connectivity index (χ4n) is 2.14. The van der Waals surface area contributed by atoms with Crippen LogP contribution in [0.15, 0.2) is 12.1 Å². The van der Waals surface area contributed by atoms with Crippen LogP contribution in [-0.4, -0.2) is 34.6 Å². The first-order chi connectivity index (χ1) is 8.59. The van der Waals surface area contributed by atoms with E-state index in [1.54, 1.807) is 6.07 Å². The van der Waals surface area contributed by atoms with Crippen LogP contribution in [0.3, 0.4) is 0 Å². The molecule has 0 amide bonds. The van der Waals surface area contributed by atoms with Crippen LogP contribution in [0.4, 0.5) is 0 Å². The smallest absolute Gasteiger partial charge is 0.200 e. The van der Waals surface area contributed by atoms with Crippen LogP contribution in [0, 0.1) is 5.92 Å². The molecule has 0 radical (unpaired) electrons. The molecule has 5 nitrogen and oxygen atoms in total. The lowest BCUT2D eigenvalue weighted by Gasteiger charge is -2.19. The fourth-order valence-corrected chi connectivity index (χ4v) is 2.14. The summed E-state index contributed by atoms with van der Waals surface area (Å²) in [6.45, 7) is 4.09. The van der Waals surface area contributed by atoms with Gasteiger partial charge in [-0.3, -0.25) is 0 Å². The Bertz CT molecular complexity index is 416. The highest BCUT2D eigenvalue weighted by molar-refractivity contribution is 5.52. The molecule has 1 heterocycles. The van der Waals surface area contributed by atoms with Crippen LogP contribution >= 0.6 is 0 Å². The van der Waals surface area contributed by atoms with Gasteiger partial charge < -0.3 is 25.4 Å². The number of hydrogen-bond acceptors (Lipinski definition) is 5. The molecule has 0 aromatic heterocycles. The Kier molecular flexibility index (Phi) is 3.93. The molecule has 1 aromatic carbocycles. The van der Waals surface area contributed by atoms with Crippen LogP contribution < -0.4 is 5.32 Å². The molecule has 2 rings (SSSR count). The summed E-state index contributed by atoms with van der Waals surface area (Å²) < 4.78 is 5.33. The van der Waals surface area contributed by atoms with E-state index in [0.717, 1.165) is 19.6 Å². The van der Waals surface area contributed by atoms with E-state index in [1.165, 1.54) is 6.07 Å². The highest BCUT2D eigenvalue weighted by Gasteiger charge is 2.22. The Morgan fingerprint density at radius 3 is 2.78 bits per heavy atom. The van der Waals surface area contributed by atoms with Crippen molar-refractivity contribution >= 4 is 0 Å². The molecule has 5 heteroatoms. The van der Waals surface area contributed by atoms with E-state index in [2.05, 4.69) is 12.2 Å². The minimum absolute atomic E-state index is 0.266. The van der Waals surface area contributed by atoms with Gasteiger partial charge >= 0.3 is 0 Å². The van der Waals surface area contributed by atoms with Gasteiger partial charge in [0.05, 0.1) is 6.61 Å². The third-order valence-electron chi connectivity index (χ3n) is 3.50. The van der Waals surface area contributed by atoms with Crippen molar-refractivity contribution in [3.63, 3.8) is 0 Å². The lowest BCUT2D eigenvalue weighted by atomic mass is 10.0. The first-order valence-electron chi connectivity index (χ1n) is 6.13. The third kappa shape index (κ3) is 2.68. The topological polar surface area (TPSA) is 82.0 Å². The predicted octanol–water partition coefficient (Wildman–Crippen LogP) is 1.32. The second-order valence-corrected chi connectivity index (χ2v) is 4.73. The number of phenolic OH excluding ortho intramolecular Hbond substituents is 3. The third-order valence-corrected chi connectivity index (χ3v) is 3.50. The highest BCUT2D eigenvalue weighted by Crippen LogP contribution is 2.36. The largest absolute Gasteiger partial charge is 0.504 e. The molecule has 2 unspecified atom stereocenters. The Morgan fingerprint density at radius 2 is 2.11 bits per heavy atom. The number of rotatable bonds is 4. The number of hydrogen-bond donors (Lipinski definition) is 4. The van der Waals surface area contributed by atoms with Crippen LogP contribution in [0.2, 0.25) is 0 Å². The van der Waals surface area contributed by atoms with Crippen molar-refractivity contribution < 1.29 is 20.1 Å². The van der Waals surface area contributed by atoms with Crippen molar-refractivity contribution in [2.24, 2.45) is 5.92 Å². The summed E-state index contributed by atoms with van der Waals surface area (Å²) >= 11 is 0. The first-order valence-corrected chi connectivity index (χ1v) is 6.13. The van der Waals surface area contributed by atoms with Crippen LogP contribution in [0.25, 0.3) is 0 Å². The molecular weight excluding hydrogens is 234 g/mol. The van der Waals surface area contributed by atoms with Gasteiger partial charge in [0.2, 0.25) is 5.75 Å². The number of benzene rings is 1. The van der Waals surface area contributed by atoms with Crippen molar-refractivity contribution in [3.05, 3.63) is 17.7 Å². The monoisotopic (exact) mass is 253 g/mol. The van der Waals surface area contributed by atoms with Gasteiger partial charge in [0.25, 0.3) is 0 Å². The van der Waals surface area contributed by atoms with Crippen molar-refractivity contribution in [2.75, 3.05) is 13.2 Å². The fraction of sp³-hybridized carbons (Fsp3) is 0.538. The zero-order valence-corrected chi connectivity index (χ0v) is 10.4. The minimum Gasteiger partial charge on any atom is -0.504 e.